The summed E-state index contributed by atoms with van der Waals surface area (Å²) >= 11 is 1.54. The van der Waals surface area contributed by atoms with Gasteiger partial charge in [-0.3, -0.25) is 4.79 Å². The van der Waals surface area contributed by atoms with Gasteiger partial charge in [-0.2, -0.15) is 5.26 Å². The molecule has 27 heavy (non-hydrogen) atoms. The lowest BCUT2D eigenvalue weighted by Gasteiger charge is -2.44. The van der Waals surface area contributed by atoms with E-state index in [0.29, 0.717) is 17.6 Å². The van der Waals surface area contributed by atoms with Gasteiger partial charge in [-0.15, -0.1) is 11.3 Å². The number of nitrogens with one attached hydrogen (secondary N) is 1. The third-order valence-electron chi connectivity index (χ3n) is 6.25. The number of aromatic nitrogens is 2. The molecule has 136 valence electrons. The number of nitriles is 1. The summed E-state index contributed by atoms with van der Waals surface area (Å²) in [7, 11) is 0. The second-order valence-corrected chi connectivity index (χ2v) is 8.82. The maximum absolute atomic E-state index is 12.9. The number of thiophene rings is 1. The molecule has 2 aliphatic rings. The van der Waals surface area contributed by atoms with Crippen LogP contribution in [0.4, 0.5) is 5.69 Å². The van der Waals surface area contributed by atoms with Gasteiger partial charge in [0, 0.05) is 23.5 Å². The number of aryl methyl sites for hydroxylation is 2. The Balaban J connectivity index is 1.77. The van der Waals surface area contributed by atoms with E-state index < -0.39 is 5.41 Å². The number of hydrogen-bond donors (Lipinski definition) is 1. The maximum Gasteiger partial charge on any atom is 0.259 e. The first kappa shape index (κ1) is 16.5. The standard InChI is InChI=1S/C21H20N4OS/c1-12-13(2)27-19-17(12)18(26)23-20(24-19)21(11-22)10-14-6-3-4-7-15(14)25-9-5-8-16(21)25/h3-4,6-7,16H,5,8-10H2,1-2H3,(H,23,24,26)/t16-,21+/m0/s1. The van der Waals surface area contributed by atoms with Gasteiger partial charge in [0.2, 0.25) is 0 Å². The molecule has 0 aliphatic carbocycles. The molecule has 0 amide bonds. The lowest BCUT2D eigenvalue weighted by atomic mass is 9.71. The van der Waals surface area contributed by atoms with Crippen LogP contribution in [0, 0.1) is 25.2 Å². The second kappa shape index (κ2) is 5.67. The maximum atomic E-state index is 12.9. The lowest BCUT2D eigenvalue weighted by molar-refractivity contribution is 0.390. The molecule has 3 aromatic rings. The van der Waals surface area contributed by atoms with Gasteiger partial charge in [0.25, 0.3) is 5.56 Å². The first-order valence-corrected chi connectivity index (χ1v) is 10.1. The number of rotatable bonds is 1. The second-order valence-electron chi connectivity index (χ2n) is 7.62. The van der Waals surface area contributed by atoms with Crippen LogP contribution >= 0.6 is 11.3 Å². The van der Waals surface area contributed by atoms with E-state index in [1.54, 1.807) is 0 Å². The van der Waals surface area contributed by atoms with Crippen LogP contribution in [-0.4, -0.2) is 22.6 Å². The van der Waals surface area contributed by atoms with Crippen LogP contribution < -0.4 is 10.5 Å². The highest BCUT2D eigenvalue weighted by Crippen LogP contribution is 2.46. The predicted octanol–water partition coefficient (Wildman–Crippen LogP) is 3.59. The molecule has 0 saturated carbocycles. The highest BCUT2D eigenvalue weighted by Gasteiger charge is 2.51. The number of hydrogen-bond acceptors (Lipinski definition) is 5. The molecule has 6 heteroatoms. The predicted molar refractivity (Wildman–Crippen MR) is 108 cm³/mol. The number of H-pyrrole nitrogens is 1. The molecule has 0 bridgehead atoms. The highest BCUT2D eigenvalue weighted by molar-refractivity contribution is 7.18. The average molecular weight is 376 g/mol. The minimum absolute atomic E-state index is 0.0418. The molecule has 1 N–H and O–H groups in total. The van der Waals surface area contributed by atoms with Crippen molar-refractivity contribution >= 4 is 27.2 Å². The fourth-order valence-electron chi connectivity index (χ4n) is 4.80. The Morgan fingerprint density at radius 3 is 3.00 bits per heavy atom. The van der Waals surface area contributed by atoms with E-state index >= 15 is 0 Å². The molecule has 2 aliphatic heterocycles. The Hall–Kier alpha value is -2.65. The molecule has 5 rings (SSSR count). The Kier molecular flexibility index (Phi) is 3.47. The fourth-order valence-corrected chi connectivity index (χ4v) is 5.83. The summed E-state index contributed by atoms with van der Waals surface area (Å²) in [5, 5.41) is 11.0. The van der Waals surface area contributed by atoms with Crippen molar-refractivity contribution in [2.24, 2.45) is 0 Å². The summed E-state index contributed by atoms with van der Waals surface area (Å²) in [5.41, 5.74) is 2.40. The number of nitrogens with zero attached hydrogens (tertiary/aromatic N) is 3. The van der Waals surface area contributed by atoms with Gasteiger partial charge in [0.1, 0.15) is 16.1 Å². The summed E-state index contributed by atoms with van der Waals surface area (Å²) in [6.45, 7) is 4.91. The van der Waals surface area contributed by atoms with Crippen molar-refractivity contribution in [2.45, 2.75) is 44.6 Å². The third-order valence-corrected chi connectivity index (χ3v) is 7.35. The first-order chi connectivity index (χ1) is 13.0. The zero-order chi connectivity index (χ0) is 18.8. The van der Waals surface area contributed by atoms with Gasteiger partial charge < -0.3 is 9.88 Å². The van der Waals surface area contributed by atoms with Gasteiger partial charge in [-0.05, 0) is 43.9 Å². The van der Waals surface area contributed by atoms with Crippen LogP contribution in [0.3, 0.4) is 0 Å². The minimum atomic E-state index is -0.829. The molecule has 1 aromatic carbocycles. The summed E-state index contributed by atoms with van der Waals surface area (Å²) < 4.78 is 0. The molecule has 2 aromatic heterocycles. The average Bonchev–Trinajstić information content (AvgIpc) is 3.27. The SMILES string of the molecule is Cc1sc2nc([C@@]3(C#N)Cc4ccccc4N4CCC[C@H]43)[nH]c(=O)c2c1C. The van der Waals surface area contributed by atoms with Crippen molar-refractivity contribution in [3.63, 3.8) is 0 Å². The first-order valence-electron chi connectivity index (χ1n) is 9.31. The van der Waals surface area contributed by atoms with Gasteiger partial charge in [-0.25, -0.2) is 4.98 Å². The van der Waals surface area contributed by atoms with Crippen molar-refractivity contribution in [1.29, 1.82) is 5.26 Å². The Bertz CT molecular complexity index is 1170. The fraction of sp³-hybridized carbons (Fsp3) is 0.381. The number of para-hydroxylation sites is 1. The zero-order valence-corrected chi connectivity index (χ0v) is 16.2. The van der Waals surface area contributed by atoms with Crippen LogP contribution in [-0.2, 0) is 11.8 Å². The summed E-state index contributed by atoms with van der Waals surface area (Å²) in [4.78, 5) is 24.9. The molecule has 0 spiro atoms. The van der Waals surface area contributed by atoms with E-state index in [1.165, 1.54) is 17.0 Å². The molecule has 1 saturated heterocycles. The normalized spacial score (nSPS) is 23.9. The topological polar surface area (TPSA) is 72.8 Å². The number of anilines is 1. The summed E-state index contributed by atoms with van der Waals surface area (Å²) in [5.74, 6) is 0.523. The monoisotopic (exact) mass is 376 g/mol. The van der Waals surface area contributed by atoms with Crippen LogP contribution in [0.2, 0.25) is 0 Å². The summed E-state index contributed by atoms with van der Waals surface area (Å²) in [6.07, 6.45) is 2.57. The van der Waals surface area contributed by atoms with Crippen molar-refractivity contribution in [3.8, 4) is 6.07 Å². The Labute approximate surface area is 161 Å². The molecular weight excluding hydrogens is 356 g/mol. The largest absolute Gasteiger partial charge is 0.366 e. The Morgan fingerprint density at radius 1 is 1.37 bits per heavy atom. The van der Waals surface area contributed by atoms with E-state index in [0.717, 1.165) is 40.2 Å². The quantitative estimate of drug-likeness (QED) is 0.704. The van der Waals surface area contributed by atoms with Crippen molar-refractivity contribution < 1.29 is 0 Å². The van der Waals surface area contributed by atoms with Gasteiger partial charge in [0.05, 0.1) is 17.5 Å². The molecule has 0 unspecified atom stereocenters. The Morgan fingerprint density at radius 2 is 2.19 bits per heavy atom. The molecule has 1 fully saturated rings. The third kappa shape index (κ3) is 2.15. The number of fused-ring (bicyclic) bond motifs is 4. The van der Waals surface area contributed by atoms with Crippen molar-refractivity contribution in [1.82, 2.24) is 9.97 Å². The molecule has 0 radical (unpaired) electrons. The molecule has 4 heterocycles. The van der Waals surface area contributed by atoms with E-state index in [-0.39, 0.29) is 11.6 Å². The van der Waals surface area contributed by atoms with Crippen LogP contribution in [0.5, 0.6) is 0 Å². The number of aromatic amines is 1. The van der Waals surface area contributed by atoms with E-state index in [1.807, 2.05) is 19.9 Å². The van der Waals surface area contributed by atoms with E-state index in [4.69, 9.17) is 4.98 Å². The number of benzene rings is 1. The van der Waals surface area contributed by atoms with Crippen LogP contribution in [0.1, 0.15) is 34.7 Å². The zero-order valence-electron chi connectivity index (χ0n) is 15.4. The smallest absolute Gasteiger partial charge is 0.259 e. The van der Waals surface area contributed by atoms with Gasteiger partial charge in [-0.1, -0.05) is 18.2 Å². The molecule has 5 nitrogen and oxygen atoms in total. The summed E-state index contributed by atoms with van der Waals surface area (Å²) in [6, 6.07) is 10.9. The molecular formula is C21H20N4OS. The van der Waals surface area contributed by atoms with Crippen molar-refractivity contribution in [2.75, 3.05) is 11.4 Å². The lowest BCUT2D eigenvalue weighted by Crippen LogP contribution is -2.53. The molecule has 2 atom stereocenters. The van der Waals surface area contributed by atoms with Crippen molar-refractivity contribution in [3.05, 3.63) is 56.4 Å². The van der Waals surface area contributed by atoms with Gasteiger partial charge in [0.15, 0.2) is 0 Å². The minimum Gasteiger partial charge on any atom is -0.366 e. The van der Waals surface area contributed by atoms with E-state index in [2.05, 4.69) is 34.2 Å². The van der Waals surface area contributed by atoms with Crippen LogP contribution in [0.25, 0.3) is 10.2 Å². The van der Waals surface area contributed by atoms with Gasteiger partial charge >= 0.3 is 0 Å². The van der Waals surface area contributed by atoms with Crippen LogP contribution in [0.15, 0.2) is 29.1 Å². The highest BCUT2D eigenvalue weighted by atomic mass is 32.1. The van der Waals surface area contributed by atoms with E-state index in [9.17, 15) is 10.1 Å².